The van der Waals surface area contributed by atoms with E-state index in [0.717, 1.165) is 24.3 Å². The van der Waals surface area contributed by atoms with E-state index in [1.165, 1.54) is 9.75 Å². The van der Waals surface area contributed by atoms with Crippen LogP contribution in [0.1, 0.15) is 36.4 Å². The summed E-state index contributed by atoms with van der Waals surface area (Å²) in [5, 5.41) is 13.0. The average Bonchev–Trinajstić information content (AvgIpc) is 3.07. The Bertz CT molecular complexity index is 472. The topological polar surface area (TPSA) is 24.7 Å². The van der Waals surface area contributed by atoms with Gasteiger partial charge < -0.3 is 0 Å². The van der Waals surface area contributed by atoms with Crippen LogP contribution in [0, 0.1) is 0 Å². The van der Waals surface area contributed by atoms with Crippen LogP contribution in [0.5, 0.6) is 0 Å². The summed E-state index contributed by atoms with van der Waals surface area (Å²) in [6.07, 6.45) is 1.82. The smallest absolute Gasteiger partial charge is 0.0799 e. The Morgan fingerprint density at radius 3 is 1.61 bits per heavy atom. The van der Waals surface area contributed by atoms with E-state index in [1.807, 2.05) is 0 Å². The molecule has 0 fully saturated rings. The Hall–Kier alpha value is -1.26. The SMILES string of the molecule is CCC(=NN=C(CC)c1cccs1)c1cccs1. The number of hydrogen-bond acceptors (Lipinski definition) is 4. The van der Waals surface area contributed by atoms with E-state index >= 15 is 0 Å². The number of thiophene rings is 2. The predicted octanol–water partition coefficient (Wildman–Crippen LogP) is 4.82. The molecule has 94 valence electrons. The fraction of sp³-hybridized carbons (Fsp3) is 0.286. The predicted molar refractivity (Wildman–Crippen MR) is 82.3 cm³/mol. The van der Waals surface area contributed by atoms with Gasteiger partial charge in [0.25, 0.3) is 0 Å². The molecule has 0 bridgehead atoms. The standard InChI is InChI=1S/C14H16N2S2/c1-3-11(13-7-5-9-17-13)15-16-12(4-2)14-8-6-10-18-14/h5-10H,3-4H2,1-2H3. The highest BCUT2D eigenvalue weighted by Crippen LogP contribution is 2.15. The van der Waals surface area contributed by atoms with Crippen LogP contribution in [-0.4, -0.2) is 11.4 Å². The van der Waals surface area contributed by atoms with Gasteiger partial charge in [0.05, 0.1) is 21.2 Å². The maximum Gasteiger partial charge on any atom is 0.0799 e. The van der Waals surface area contributed by atoms with Gasteiger partial charge >= 0.3 is 0 Å². The molecule has 0 amide bonds. The fourth-order valence-corrected chi connectivity index (χ4v) is 3.16. The highest BCUT2D eigenvalue weighted by atomic mass is 32.1. The summed E-state index contributed by atoms with van der Waals surface area (Å²) in [5.41, 5.74) is 2.13. The molecule has 0 aromatic carbocycles. The molecule has 0 saturated carbocycles. The Morgan fingerprint density at radius 2 is 1.33 bits per heavy atom. The molecule has 4 heteroatoms. The van der Waals surface area contributed by atoms with Gasteiger partial charge in [0.2, 0.25) is 0 Å². The van der Waals surface area contributed by atoms with Gasteiger partial charge in [-0.25, -0.2) is 0 Å². The molecule has 0 unspecified atom stereocenters. The summed E-state index contributed by atoms with van der Waals surface area (Å²) in [5.74, 6) is 0. The number of hydrogen-bond donors (Lipinski definition) is 0. The first-order valence-electron chi connectivity index (χ1n) is 6.06. The van der Waals surface area contributed by atoms with Gasteiger partial charge in [-0.1, -0.05) is 26.0 Å². The normalized spacial score (nSPS) is 13.0. The average molecular weight is 276 g/mol. The van der Waals surface area contributed by atoms with Crippen LogP contribution in [0.15, 0.2) is 45.2 Å². The lowest BCUT2D eigenvalue weighted by Gasteiger charge is -2.00. The lowest BCUT2D eigenvalue weighted by atomic mass is 10.2. The van der Waals surface area contributed by atoms with Crippen LogP contribution >= 0.6 is 22.7 Å². The fourth-order valence-electron chi connectivity index (χ4n) is 1.59. The van der Waals surface area contributed by atoms with E-state index in [1.54, 1.807) is 22.7 Å². The van der Waals surface area contributed by atoms with Crippen molar-refractivity contribution in [2.24, 2.45) is 10.2 Å². The van der Waals surface area contributed by atoms with Crippen LogP contribution in [0.4, 0.5) is 0 Å². The van der Waals surface area contributed by atoms with Crippen molar-refractivity contribution in [3.63, 3.8) is 0 Å². The molecule has 0 saturated heterocycles. The van der Waals surface area contributed by atoms with Crippen LogP contribution in [0.3, 0.4) is 0 Å². The van der Waals surface area contributed by atoms with Crippen molar-refractivity contribution in [3.05, 3.63) is 44.8 Å². The molecular weight excluding hydrogens is 260 g/mol. The van der Waals surface area contributed by atoms with Crippen molar-refractivity contribution >= 4 is 34.1 Å². The van der Waals surface area contributed by atoms with Crippen molar-refractivity contribution in [2.75, 3.05) is 0 Å². The van der Waals surface area contributed by atoms with E-state index in [4.69, 9.17) is 0 Å². The zero-order valence-corrected chi connectivity index (χ0v) is 12.2. The molecule has 0 N–H and O–H groups in total. The highest BCUT2D eigenvalue weighted by Gasteiger charge is 2.04. The molecule has 0 spiro atoms. The molecule has 2 rings (SSSR count). The van der Waals surface area contributed by atoms with Gasteiger partial charge in [-0.05, 0) is 35.7 Å². The molecule has 0 aliphatic carbocycles. The zero-order chi connectivity index (χ0) is 12.8. The quantitative estimate of drug-likeness (QED) is 0.552. The molecule has 2 nitrogen and oxygen atoms in total. The monoisotopic (exact) mass is 276 g/mol. The molecule has 18 heavy (non-hydrogen) atoms. The van der Waals surface area contributed by atoms with Crippen LogP contribution in [-0.2, 0) is 0 Å². The first-order valence-corrected chi connectivity index (χ1v) is 7.82. The molecule has 2 aromatic heterocycles. The molecule has 0 aliphatic heterocycles. The van der Waals surface area contributed by atoms with E-state index in [-0.39, 0.29) is 0 Å². The Morgan fingerprint density at radius 1 is 0.889 bits per heavy atom. The number of nitrogens with zero attached hydrogens (tertiary/aromatic N) is 2. The lowest BCUT2D eigenvalue weighted by molar-refractivity contribution is 1.14. The number of rotatable bonds is 5. The van der Waals surface area contributed by atoms with E-state index in [2.05, 4.69) is 59.1 Å². The van der Waals surface area contributed by atoms with Gasteiger partial charge in [0.15, 0.2) is 0 Å². The van der Waals surface area contributed by atoms with Gasteiger partial charge in [0.1, 0.15) is 0 Å². The van der Waals surface area contributed by atoms with E-state index < -0.39 is 0 Å². The molecular formula is C14H16N2S2. The maximum atomic E-state index is 4.43. The second kappa shape index (κ2) is 6.61. The summed E-state index contributed by atoms with van der Waals surface area (Å²) in [7, 11) is 0. The van der Waals surface area contributed by atoms with Gasteiger partial charge in [0, 0.05) is 0 Å². The zero-order valence-electron chi connectivity index (χ0n) is 10.6. The summed E-state index contributed by atoms with van der Waals surface area (Å²) < 4.78 is 0. The van der Waals surface area contributed by atoms with Crippen molar-refractivity contribution in [1.82, 2.24) is 0 Å². The first-order chi connectivity index (χ1) is 8.85. The summed E-state index contributed by atoms with van der Waals surface area (Å²) in [6.45, 7) is 4.23. The molecule has 2 aromatic rings. The highest BCUT2D eigenvalue weighted by molar-refractivity contribution is 7.12. The lowest BCUT2D eigenvalue weighted by Crippen LogP contribution is -1.98. The van der Waals surface area contributed by atoms with Crippen molar-refractivity contribution < 1.29 is 0 Å². The van der Waals surface area contributed by atoms with E-state index in [0.29, 0.717) is 0 Å². The van der Waals surface area contributed by atoms with Crippen LogP contribution in [0.25, 0.3) is 0 Å². The largest absolute Gasteiger partial charge is 0.154 e. The minimum absolute atomic E-state index is 0.908. The summed E-state index contributed by atoms with van der Waals surface area (Å²) >= 11 is 3.43. The third-order valence-corrected chi connectivity index (χ3v) is 4.41. The summed E-state index contributed by atoms with van der Waals surface area (Å²) in [6, 6.07) is 8.29. The minimum Gasteiger partial charge on any atom is -0.154 e. The second-order valence-corrected chi connectivity index (χ2v) is 5.65. The maximum absolute atomic E-state index is 4.43. The second-order valence-electron chi connectivity index (χ2n) is 3.76. The Kier molecular flexibility index (Phi) is 4.84. The Labute approximate surface area is 116 Å². The van der Waals surface area contributed by atoms with Crippen molar-refractivity contribution in [1.29, 1.82) is 0 Å². The van der Waals surface area contributed by atoms with Crippen LogP contribution in [0.2, 0.25) is 0 Å². The van der Waals surface area contributed by atoms with Gasteiger partial charge in [-0.15, -0.1) is 22.7 Å². The molecule has 0 aliphatic rings. The van der Waals surface area contributed by atoms with Crippen LogP contribution < -0.4 is 0 Å². The van der Waals surface area contributed by atoms with E-state index in [9.17, 15) is 0 Å². The Balaban J connectivity index is 2.26. The molecule has 2 heterocycles. The van der Waals surface area contributed by atoms with Crippen molar-refractivity contribution in [2.45, 2.75) is 26.7 Å². The first kappa shape index (κ1) is 13.2. The summed E-state index contributed by atoms with van der Waals surface area (Å²) in [4.78, 5) is 2.42. The van der Waals surface area contributed by atoms with Gasteiger partial charge in [-0.2, -0.15) is 10.2 Å². The third-order valence-electron chi connectivity index (χ3n) is 2.57. The third kappa shape index (κ3) is 3.15. The van der Waals surface area contributed by atoms with Gasteiger partial charge in [-0.3, -0.25) is 0 Å². The minimum atomic E-state index is 0.908. The molecule has 0 radical (unpaired) electrons. The molecule has 0 atom stereocenters. The van der Waals surface area contributed by atoms with Crippen molar-refractivity contribution in [3.8, 4) is 0 Å².